The van der Waals surface area contributed by atoms with E-state index in [1.807, 2.05) is 24.7 Å². The predicted molar refractivity (Wildman–Crippen MR) is 74.3 cm³/mol. The summed E-state index contributed by atoms with van der Waals surface area (Å²) in [5, 5.41) is 4.25. The fraction of sp³-hybridized carbons (Fsp3) is 0.786. The molecule has 5 nitrogen and oxygen atoms in total. The van der Waals surface area contributed by atoms with Crippen LogP contribution >= 0.6 is 0 Å². The van der Waals surface area contributed by atoms with Gasteiger partial charge in [-0.2, -0.15) is 5.10 Å². The van der Waals surface area contributed by atoms with Crippen molar-refractivity contribution < 1.29 is 14.2 Å². The number of hydrogen-bond acceptors (Lipinski definition) is 4. The van der Waals surface area contributed by atoms with Crippen LogP contribution in [0.3, 0.4) is 0 Å². The molecule has 0 saturated carbocycles. The van der Waals surface area contributed by atoms with Crippen LogP contribution < -0.4 is 0 Å². The Hall–Kier alpha value is -0.910. The lowest BCUT2D eigenvalue weighted by Gasteiger charge is -2.08. The van der Waals surface area contributed by atoms with Crippen LogP contribution in [0.4, 0.5) is 0 Å². The first-order valence-corrected chi connectivity index (χ1v) is 7.00. The zero-order chi connectivity index (χ0) is 13.9. The van der Waals surface area contributed by atoms with E-state index in [0.717, 1.165) is 13.0 Å². The lowest BCUT2D eigenvalue weighted by molar-refractivity contribution is -0.00254. The van der Waals surface area contributed by atoms with E-state index in [1.165, 1.54) is 5.56 Å². The number of ether oxygens (including phenoxy) is 3. The first kappa shape index (κ1) is 16.1. The molecule has 0 aliphatic heterocycles. The quantitative estimate of drug-likeness (QED) is 0.576. The second-order valence-electron chi connectivity index (χ2n) is 4.61. The lowest BCUT2D eigenvalue weighted by Crippen LogP contribution is -2.13. The number of aromatic nitrogens is 2. The van der Waals surface area contributed by atoms with Crippen molar-refractivity contribution in [2.45, 2.75) is 39.8 Å². The molecule has 0 radical (unpaired) electrons. The molecule has 0 aliphatic rings. The maximum absolute atomic E-state index is 5.48. The summed E-state index contributed by atoms with van der Waals surface area (Å²) < 4.78 is 18.1. The van der Waals surface area contributed by atoms with Crippen LogP contribution in [0.1, 0.15) is 26.3 Å². The molecule has 1 aromatic heterocycles. The highest BCUT2D eigenvalue weighted by molar-refractivity contribution is 5.02. The Bertz CT molecular complexity index is 326. The van der Waals surface area contributed by atoms with Crippen molar-refractivity contribution in [1.82, 2.24) is 9.78 Å². The number of nitrogens with zero attached hydrogens (tertiary/aromatic N) is 2. The lowest BCUT2D eigenvalue weighted by atomic mass is 10.3. The molecule has 0 atom stereocenters. The molecule has 0 spiro atoms. The molecule has 0 bridgehead atoms. The summed E-state index contributed by atoms with van der Waals surface area (Å²) in [4.78, 5) is 0. The average molecular weight is 270 g/mol. The highest BCUT2D eigenvalue weighted by Crippen LogP contribution is 1.97. The molecule has 1 aromatic rings. The molecule has 0 aliphatic carbocycles. The summed E-state index contributed by atoms with van der Waals surface area (Å²) >= 11 is 0. The molecule has 110 valence electrons. The van der Waals surface area contributed by atoms with E-state index >= 15 is 0 Å². The minimum absolute atomic E-state index is 0.266. The third kappa shape index (κ3) is 7.97. The van der Waals surface area contributed by atoms with Crippen molar-refractivity contribution >= 4 is 0 Å². The maximum Gasteiger partial charge on any atom is 0.0703 e. The van der Waals surface area contributed by atoms with Crippen LogP contribution in [0.5, 0.6) is 0 Å². The molecule has 5 heteroatoms. The van der Waals surface area contributed by atoms with Gasteiger partial charge in [-0.25, -0.2) is 0 Å². The molecule has 0 aromatic carbocycles. The van der Waals surface area contributed by atoms with Crippen molar-refractivity contribution in [2.75, 3.05) is 33.0 Å². The summed E-state index contributed by atoms with van der Waals surface area (Å²) in [6.45, 7) is 10.1. The second-order valence-corrected chi connectivity index (χ2v) is 4.61. The molecule has 19 heavy (non-hydrogen) atoms. The van der Waals surface area contributed by atoms with Crippen LogP contribution in [0.25, 0.3) is 0 Å². The molecule has 1 rings (SSSR count). The van der Waals surface area contributed by atoms with Crippen LogP contribution in [0.15, 0.2) is 12.4 Å². The van der Waals surface area contributed by atoms with Gasteiger partial charge in [0.25, 0.3) is 0 Å². The Kier molecular flexibility index (Phi) is 8.45. The molecule has 0 amide bonds. The zero-order valence-electron chi connectivity index (χ0n) is 12.3. The maximum atomic E-state index is 5.48. The third-order valence-corrected chi connectivity index (χ3v) is 2.61. The van der Waals surface area contributed by atoms with Gasteiger partial charge >= 0.3 is 0 Å². The van der Waals surface area contributed by atoms with Gasteiger partial charge in [0, 0.05) is 6.20 Å². The van der Waals surface area contributed by atoms with E-state index in [2.05, 4.69) is 18.2 Å². The van der Waals surface area contributed by atoms with E-state index in [1.54, 1.807) is 0 Å². The van der Waals surface area contributed by atoms with Gasteiger partial charge in [0.2, 0.25) is 0 Å². The average Bonchev–Trinajstić information content (AvgIpc) is 2.84. The van der Waals surface area contributed by atoms with E-state index in [4.69, 9.17) is 14.2 Å². The number of rotatable bonds is 11. The Morgan fingerprint density at radius 2 is 1.79 bits per heavy atom. The molecular formula is C14H26N2O3. The fourth-order valence-corrected chi connectivity index (χ4v) is 1.53. The smallest absolute Gasteiger partial charge is 0.0703 e. The Balaban J connectivity index is 1.88. The summed E-state index contributed by atoms with van der Waals surface area (Å²) in [5.41, 5.74) is 1.26. The van der Waals surface area contributed by atoms with E-state index in [-0.39, 0.29) is 6.10 Å². The molecule has 0 N–H and O–H groups in total. The largest absolute Gasteiger partial charge is 0.377 e. The first-order valence-electron chi connectivity index (χ1n) is 7.00. The van der Waals surface area contributed by atoms with Gasteiger partial charge in [0.05, 0.1) is 51.9 Å². The third-order valence-electron chi connectivity index (χ3n) is 2.61. The van der Waals surface area contributed by atoms with Gasteiger partial charge in [-0.1, -0.05) is 6.92 Å². The van der Waals surface area contributed by atoms with Gasteiger partial charge in [0.1, 0.15) is 0 Å². The minimum Gasteiger partial charge on any atom is -0.377 e. The van der Waals surface area contributed by atoms with E-state index in [9.17, 15) is 0 Å². The van der Waals surface area contributed by atoms with Gasteiger partial charge in [-0.15, -0.1) is 0 Å². The van der Waals surface area contributed by atoms with E-state index in [0.29, 0.717) is 33.0 Å². The summed E-state index contributed by atoms with van der Waals surface area (Å²) in [6, 6.07) is 0. The van der Waals surface area contributed by atoms with Gasteiger partial charge in [-0.05, 0) is 25.8 Å². The highest BCUT2D eigenvalue weighted by Gasteiger charge is 1.97. The van der Waals surface area contributed by atoms with Crippen molar-refractivity contribution in [3.05, 3.63) is 18.0 Å². The van der Waals surface area contributed by atoms with Gasteiger partial charge in [0.15, 0.2) is 0 Å². The van der Waals surface area contributed by atoms with Crippen molar-refractivity contribution in [3.8, 4) is 0 Å². The molecule has 0 saturated heterocycles. The Morgan fingerprint density at radius 3 is 2.42 bits per heavy atom. The summed E-state index contributed by atoms with van der Waals surface area (Å²) in [6.07, 6.45) is 5.25. The second kappa shape index (κ2) is 9.95. The van der Waals surface area contributed by atoms with Crippen molar-refractivity contribution in [2.24, 2.45) is 0 Å². The van der Waals surface area contributed by atoms with Gasteiger partial charge in [-0.3, -0.25) is 4.68 Å². The van der Waals surface area contributed by atoms with Crippen LogP contribution in [0.2, 0.25) is 0 Å². The Morgan fingerprint density at radius 1 is 1.11 bits per heavy atom. The number of hydrogen-bond donors (Lipinski definition) is 0. The summed E-state index contributed by atoms with van der Waals surface area (Å²) in [5.74, 6) is 0. The van der Waals surface area contributed by atoms with Crippen LogP contribution in [-0.2, 0) is 27.2 Å². The number of aryl methyl sites for hydroxylation is 1. The van der Waals surface area contributed by atoms with Gasteiger partial charge < -0.3 is 14.2 Å². The monoisotopic (exact) mass is 270 g/mol. The fourth-order valence-electron chi connectivity index (χ4n) is 1.53. The van der Waals surface area contributed by atoms with Crippen molar-refractivity contribution in [1.29, 1.82) is 0 Å². The molecule has 1 heterocycles. The summed E-state index contributed by atoms with van der Waals surface area (Å²) in [7, 11) is 0. The Labute approximate surface area is 115 Å². The van der Waals surface area contributed by atoms with Crippen LogP contribution in [-0.4, -0.2) is 48.9 Å². The van der Waals surface area contributed by atoms with Crippen molar-refractivity contribution in [3.63, 3.8) is 0 Å². The highest BCUT2D eigenvalue weighted by atomic mass is 16.5. The zero-order valence-corrected chi connectivity index (χ0v) is 12.3. The molecule has 0 unspecified atom stereocenters. The molecular weight excluding hydrogens is 244 g/mol. The standard InChI is InChI=1S/C14H26N2O3/c1-4-14-11-15-16(12-14)5-6-17-7-8-18-9-10-19-13(2)3/h11-13H,4-10H2,1-3H3. The molecule has 0 fully saturated rings. The van der Waals surface area contributed by atoms with E-state index < -0.39 is 0 Å². The predicted octanol–water partition coefficient (Wildman–Crippen LogP) is 1.90. The minimum atomic E-state index is 0.266. The first-order chi connectivity index (χ1) is 9.22. The van der Waals surface area contributed by atoms with Crippen LogP contribution in [0, 0.1) is 0 Å². The normalized spacial score (nSPS) is 11.4. The SMILES string of the molecule is CCc1cnn(CCOCCOCCOC(C)C)c1. The topological polar surface area (TPSA) is 45.5 Å².